The summed E-state index contributed by atoms with van der Waals surface area (Å²) in [6.45, 7) is 0. The largest absolute Gasteiger partial charge is 0.494 e. The summed E-state index contributed by atoms with van der Waals surface area (Å²) in [5, 5.41) is 9.97. The van der Waals surface area contributed by atoms with Crippen LogP contribution in [0.3, 0.4) is 0 Å². The molecule has 0 saturated heterocycles. The predicted molar refractivity (Wildman–Crippen MR) is 63.4 cm³/mol. The molecule has 0 fully saturated rings. The van der Waals surface area contributed by atoms with Crippen LogP contribution in [0, 0.1) is 17.5 Å². The van der Waals surface area contributed by atoms with Gasteiger partial charge in [0.2, 0.25) is 0 Å². The first-order valence-electron chi connectivity index (χ1n) is 5.50. The summed E-state index contributed by atoms with van der Waals surface area (Å²) in [5.41, 5.74) is -0.132. The van der Waals surface area contributed by atoms with E-state index in [1.807, 2.05) is 0 Å². The second kappa shape index (κ2) is 5.32. The van der Waals surface area contributed by atoms with Crippen LogP contribution in [0.25, 0.3) is 0 Å². The quantitative estimate of drug-likeness (QED) is 0.926. The van der Waals surface area contributed by atoms with Crippen LogP contribution < -0.4 is 4.74 Å². The van der Waals surface area contributed by atoms with E-state index in [1.165, 1.54) is 31.4 Å². The zero-order valence-corrected chi connectivity index (χ0v) is 10.0. The molecule has 1 atom stereocenters. The topological polar surface area (TPSA) is 29.5 Å². The van der Waals surface area contributed by atoms with E-state index in [4.69, 9.17) is 4.74 Å². The highest BCUT2D eigenvalue weighted by molar-refractivity contribution is 5.35. The molecule has 0 saturated carbocycles. The van der Waals surface area contributed by atoms with Gasteiger partial charge in [-0.2, -0.15) is 0 Å². The Balaban J connectivity index is 2.41. The van der Waals surface area contributed by atoms with Gasteiger partial charge in [-0.3, -0.25) is 0 Å². The van der Waals surface area contributed by atoms with Gasteiger partial charge in [0, 0.05) is 5.56 Å². The van der Waals surface area contributed by atoms with Crippen molar-refractivity contribution in [1.29, 1.82) is 0 Å². The van der Waals surface area contributed by atoms with Crippen molar-refractivity contribution in [2.24, 2.45) is 0 Å². The Hall–Kier alpha value is -2.01. The van der Waals surface area contributed by atoms with Crippen molar-refractivity contribution < 1.29 is 23.0 Å². The first-order chi connectivity index (χ1) is 9.04. The minimum atomic E-state index is -1.45. The van der Waals surface area contributed by atoms with Crippen LogP contribution in [0.1, 0.15) is 17.2 Å². The number of benzene rings is 2. The number of halogens is 3. The second-order valence-electron chi connectivity index (χ2n) is 3.94. The van der Waals surface area contributed by atoms with Crippen LogP contribution >= 0.6 is 0 Å². The smallest absolute Gasteiger partial charge is 0.165 e. The Morgan fingerprint density at radius 3 is 2.42 bits per heavy atom. The fraction of sp³-hybridized carbons (Fsp3) is 0.143. The van der Waals surface area contributed by atoms with Gasteiger partial charge >= 0.3 is 0 Å². The molecule has 2 aromatic rings. The van der Waals surface area contributed by atoms with Crippen molar-refractivity contribution in [3.8, 4) is 5.75 Å². The molecule has 1 unspecified atom stereocenters. The molecule has 0 aliphatic rings. The summed E-state index contributed by atoms with van der Waals surface area (Å²) < 4.78 is 44.8. The standard InChI is InChI=1S/C14H11F3O2/c1-19-12-6-5-8(7-11(12)16)14(18)9-3-2-4-10(15)13(9)17/h2-7,14,18H,1H3. The normalized spacial score (nSPS) is 12.3. The van der Waals surface area contributed by atoms with Gasteiger partial charge < -0.3 is 9.84 Å². The van der Waals surface area contributed by atoms with Crippen molar-refractivity contribution in [2.45, 2.75) is 6.10 Å². The maximum absolute atomic E-state index is 13.5. The lowest BCUT2D eigenvalue weighted by Crippen LogP contribution is -2.05. The van der Waals surface area contributed by atoms with Crippen LogP contribution in [0.15, 0.2) is 36.4 Å². The number of methoxy groups -OCH3 is 1. The average molecular weight is 268 g/mol. The van der Waals surface area contributed by atoms with E-state index in [0.717, 1.165) is 12.1 Å². The Labute approximate surface area is 108 Å². The zero-order valence-electron chi connectivity index (χ0n) is 10.0. The van der Waals surface area contributed by atoms with Gasteiger partial charge in [-0.25, -0.2) is 13.2 Å². The summed E-state index contributed by atoms with van der Waals surface area (Å²) in [6, 6.07) is 7.18. The molecule has 2 aromatic carbocycles. The van der Waals surface area contributed by atoms with Gasteiger partial charge in [-0.05, 0) is 23.8 Å². The van der Waals surface area contributed by atoms with Crippen LogP contribution in [-0.4, -0.2) is 12.2 Å². The molecule has 19 heavy (non-hydrogen) atoms. The zero-order chi connectivity index (χ0) is 14.0. The van der Waals surface area contributed by atoms with Crippen molar-refractivity contribution in [3.05, 3.63) is 65.0 Å². The fourth-order valence-electron chi connectivity index (χ4n) is 1.76. The number of aliphatic hydroxyl groups is 1. The Morgan fingerprint density at radius 2 is 1.79 bits per heavy atom. The minimum Gasteiger partial charge on any atom is -0.494 e. The monoisotopic (exact) mass is 268 g/mol. The Kier molecular flexibility index (Phi) is 3.76. The van der Waals surface area contributed by atoms with E-state index in [1.54, 1.807) is 0 Å². The fourth-order valence-corrected chi connectivity index (χ4v) is 1.76. The van der Waals surface area contributed by atoms with Crippen LogP contribution in [-0.2, 0) is 0 Å². The van der Waals surface area contributed by atoms with E-state index < -0.39 is 23.6 Å². The molecule has 0 aliphatic carbocycles. The summed E-state index contributed by atoms with van der Waals surface area (Å²) in [7, 11) is 1.31. The van der Waals surface area contributed by atoms with Gasteiger partial charge in [0.25, 0.3) is 0 Å². The molecule has 2 rings (SSSR count). The van der Waals surface area contributed by atoms with Gasteiger partial charge in [0.1, 0.15) is 6.10 Å². The molecule has 0 spiro atoms. The van der Waals surface area contributed by atoms with E-state index >= 15 is 0 Å². The Morgan fingerprint density at radius 1 is 1.05 bits per heavy atom. The molecule has 5 heteroatoms. The van der Waals surface area contributed by atoms with Gasteiger partial charge in [-0.15, -0.1) is 0 Å². The third kappa shape index (κ3) is 2.56. The number of ether oxygens (including phenoxy) is 1. The highest BCUT2D eigenvalue weighted by Gasteiger charge is 2.18. The van der Waals surface area contributed by atoms with Gasteiger partial charge in [-0.1, -0.05) is 18.2 Å². The van der Waals surface area contributed by atoms with Crippen molar-refractivity contribution in [1.82, 2.24) is 0 Å². The molecule has 0 amide bonds. The first kappa shape index (κ1) is 13.4. The predicted octanol–water partition coefficient (Wildman–Crippen LogP) is 3.19. The lowest BCUT2D eigenvalue weighted by Gasteiger charge is -2.13. The maximum Gasteiger partial charge on any atom is 0.165 e. The molecule has 0 radical (unpaired) electrons. The number of aliphatic hydroxyl groups excluding tert-OH is 1. The lowest BCUT2D eigenvalue weighted by molar-refractivity contribution is 0.212. The van der Waals surface area contributed by atoms with Crippen molar-refractivity contribution in [2.75, 3.05) is 7.11 Å². The van der Waals surface area contributed by atoms with Gasteiger partial charge in [0.15, 0.2) is 23.2 Å². The molecule has 2 nitrogen and oxygen atoms in total. The van der Waals surface area contributed by atoms with Crippen LogP contribution in [0.5, 0.6) is 5.75 Å². The highest BCUT2D eigenvalue weighted by atomic mass is 19.2. The lowest BCUT2D eigenvalue weighted by atomic mass is 10.0. The highest BCUT2D eigenvalue weighted by Crippen LogP contribution is 2.28. The van der Waals surface area contributed by atoms with Gasteiger partial charge in [0.05, 0.1) is 7.11 Å². The summed E-state index contributed by atoms with van der Waals surface area (Å²) in [5.74, 6) is -2.89. The molecule has 0 heterocycles. The first-order valence-corrected chi connectivity index (χ1v) is 5.50. The summed E-state index contributed by atoms with van der Waals surface area (Å²) in [4.78, 5) is 0. The molecule has 100 valence electrons. The van der Waals surface area contributed by atoms with E-state index in [0.29, 0.717) is 0 Å². The van der Waals surface area contributed by atoms with Crippen LogP contribution in [0.2, 0.25) is 0 Å². The van der Waals surface area contributed by atoms with E-state index in [-0.39, 0.29) is 16.9 Å². The summed E-state index contributed by atoms with van der Waals surface area (Å²) in [6.07, 6.45) is -1.45. The summed E-state index contributed by atoms with van der Waals surface area (Å²) >= 11 is 0. The molecular formula is C14H11F3O2. The average Bonchev–Trinajstić information content (AvgIpc) is 2.41. The number of hydrogen-bond donors (Lipinski definition) is 1. The number of rotatable bonds is 3. The van der Waals surface area contributed by atoms with E-state index in [9.17, 15) is 18.3 Å². The SMILES string of the molecule is COc1ccc(C(O)c2cccc(F)c2F)cc1F. The van der Waals surface area contributed by atoms with Crippen LogP contribution in [0.4, 0.5) is 13.2 Å². The maximum atomic E-state index is 13.5. The Bertz CT molecular complexity index is 599. The third-order valence-corrected chi connectivity index (χ3v) is 2.77. The van der Waals surface area contributed by atoms with E-state index in [2.05, 4.69) is 0 Å². The molecule has 0 aromatic heterocycles. The molecule has 1 N–H and O–H groups in total. The number of hydrogen-bond acceptors (Lipinski definition) is 2. The van der Waals surface area contributed by atoms with Crippen molar-refractivity contribution in [3.63, 3.8) is 0 Å². The third-order valence-electron chi connectivity index (χ3n) is 2.77. The van der Waals surface area contributed by atoms with Crippen molar-refractivity contribution >= 4 is 0 Å². The minimum absolute atomic E-state index is 0.00987. The molecule has 0 aliphatic heterocycles. The second-order valence-corrected chi connectivity index (χ2v) is 3.94. The molecular weight excluding hydrogens is 257 g/mol. The molecule has 0 bridgehead atoms.